The van der Waals surface area contributed by atoms with E-state index in [1.54, 1.807) is 13.8 Å². The van der Waals surface area contributed by atoms with E-state index in [1.807, 2.05) is 30.3 Å². The Bertz CT molecular complexity index is 673. The van der Waals surface area contributed by atoms with Crippen LogP contribution in [0.2, 0.25) is 0 Å². The third-order valence-electron chi connectivity index (χ3n) is 4.43. The van der Waals surface area contributed by atoms with E-state index in [-0.39, 0.29) is 12.4 Å². The number of esters is 1. The molecule has 0 saturated carbocycles. The molecule has 2 atom stereocenters. The molecule has 0 aromatic heterocycles. The summed E-state index contributed by atoms with van der Waals surface area (Å²) in [5.41, 5.74) is -1.06. The Morgan fingerprint density at radius 2 is 1.90 bits per heavy atom. The highest BCUT2D eigenvalue weighted by molar-refractivity contribution is 6.19. The Morgan fingerprint density at radius 3 is 2.52 bits per heavy atom. The van der Waals surface area contributed by atoms with E-state index < -0.39 is 17.0 Å². The third-order valence-corrected chi connectivity index (χ3v) is 4.43. The fourth-order valence-corrected chi connectivity index (χ4v) is 2.80. The molecule has 2 heterocycles. The number of carbonyl (C=O) groups excluding carboxylic acids is 2. The molecular weight excluding hydrogens is 268 g/mol. The number of rotatable bonds is 2. The Labute approximate surface area is 123 Å². The van der Waals surface area contributed by atoms with Crippen LogP contribution in [0, 0.1) is 5.41 Å². The number of cyclic esters (lactones) is 1. The summed E-state index contributed by atoms with van der Waals surface area (Å²) >= 11 is 0. The van der Waals surface area contributed by atoms with Crippen LogP contribution in [0.15, 0.2) is 48.6 Å². The summed E-state index contributed by atoms with van der Waals surface area (Å²) in [5, 5.41) is 0. The molecule has 1 saturated heterocycles. The van der Waals surface area contributed by atoms with Gasteiger partial charge in [0.15, 0.2) is 0 Å². The summed E-state index contributed by atoms with van der Waals surface area (Å²) in [6.45, 7) is 7.56. The SMILES string of the molecule is C=C(C)C1(C)COC(=O)C12OC(c1ccccc1)=CC2=O. The van der Waals surface area contributed by atoms with Gasteiger partial charge in [0, 0.05) is 11.6 Å². The molecule has 4 heteroatoms. The summed E-state index contributed by atoms with van der Waals surface area (Å²) in [4.78, 5) is 24.8. The number of benzene rings is 1. The predicted octanol–water partition coefficient (Wildman–Crippen LogP) is 2.50. The molecule has 4 nitrogen and oxygen atoms in total. The zero-order valence-electron chi connectivity index (χ0n) is 12.0. The van der Waals surface area contributed by atoms with Gasteiger partial charge in [-0.1, -0.05) is 42.5 Å². The number of hydrogen-bond donors (Lipinski definition) is 0. The van der Waals surface area contributed by atoms with Crippen LogP contribution >= 0.6 is 0 Å². The first-order valence-electron chi connectivity index (χ1n) is 6.75. The molecule has 1 fully saturated rings. The Balaban J connectivity index is 2.07. The smallest absolute Gasteiger partial charge is 0.359 e. The van der Waals surface area contributed by atoms with Gasteiger partial charge in [0.05, 0.1) is 5.41 Å². The standard InChI is InChI=1S/C17H16O4/c1-11(2)16(3)10-20-15(19)17(16)14(18)9-13(21-17)12-7-5-4-6-8-12/h4-9H,1,10H2,2-3H3. The lowest BCUT2D eigenvalue weighted by molar-refractivity contribution is -0.158. The van der Waals surface area contributed by atoms with Crippen LogP contribution in [0.3, 0.4) is 0 Å². The Hall–Kier alpha value is -2.36. The van der Waals surface area contributed by atoms with E-state index in [1.165, 1.54) is 6.08 Å². The minimum Gasteiger partial charge on any atom is -0.465 e. The van der Waals surface area contributed by atoms with Gasteiger partial charge in [0.1, 0.15) is 12.4 Å². The van der Waals surface area contributed by atoms with Crippen molar-refractivity contribution in [3.05, 3.63) is 54.1 Å². The molecule has 108 valence electrons. The van der Waals surface area contributed by atoms with Crippen LogP contribution in [-0.2, 0) is 19.1 Å². The van der Waals surface area contributed by atoms with Crippen LogP contribution in [0.5, 0.6) is 0 Å². The van der Waals surface area contributed by atoms with Crippen LogP contribution in [-0.4, -0.2) is 24.0 Å². The molecule has 3 rings (SSSR count). The lowest BCUT2D eigenvalue weighted by atomic mass is 9.69. The molecule has 2 unspecified atom stereocenters. The molecule has 21 heavy (non-hydrogen) atoms. The number of ketones is 1. The van der Waals surface area contributed by atoms with Crippen LogP contribution in [0.4, 0.5) is 0 Å². The second kappa shape index (κ2) is 4.32. The first-order valence-corrected chi connectivity index (χ1v) is 6.75. The van der Waals surface area contributed by atoms with Gasteiger partial charge in [0.25, 0.3) is 5.60 Å². The zero-order chi connectivity index (χ0) is 15.3. The topological polar surface area (TPSA) is 52.6 Å². The molecule has 0 radical (unpaired) electrons. The zero-order valence-corrected chi connectivity index (χ0v) is 12.0. The Morgan fingerprint density at radius 1 is 1.24 bits per heavy atom. The van der Waals surface area contributed by atoms with Gasteiger partial charge in [-0.3, -0.25) is 4.79 Å². The van der Waals surface area contributed by atoms with E-state index in [9.17, 15) is 9.59 Å². The van der Waals surface area contributed by atoms with Gasteiger partial charge < -0.3 is 9.47 Å². The molecule has 0 aliphatic carbocycles. The first kappa shape index (κ1) is 13.6. The van der Waals surface area contributed by atoms with Crippen LogP contribution in [0.1, 0.15) is 19.4 Å². The van der Waals surface area contributed by atoms with E-state index in [0.717, 1.165) is 5.56 Å². The van der Waals surface area contributed by atoms with Crippen molar-refractivity contribution >= 4 is 17.5 Å². The summed E-state index contributed by atoms with van der Waals surface area (Å²) in [5.74, 6) is -0.624. The van der Waals surface area contributed by atoms with E-state index in [2.05, 4.69) is 6.58 Å². The third kappa shape index (κ3) is 1.62. The van der Waals surface area contributed by atoms with Crippen molar-refractivity contribution in [2.45, 2.75) is 19.4 Å². The fraction of sp³-hybridized carbons (Fsp3) is 0.294. The van der Waals surface area contributed by atoms with Crippen molar-refractivity contribution in [2.24, 2.45) is 5.41 Å². The molecule has 1 spiro atoms. The molecule has 2 aliphatic rings. The minimum absolute atomic E-state index is 0.100. The van der Waals surface area contributed by atoms with Crippen molar-refractivity contribution in [2.75, 3.05) is 6.61 Å². The molecule has 0 N–H and O–H groups in total. The average Bonchev–Trinajstić information content (AvgIpc) is 2.96. The van der Waals surface area contributed by atoms with Crippen molar-refractivity contribution in [1.29, 1.82) is 0 Å². The van der Waals surface area contributed by atoms with Crippen molar-refractivity contribution in [3.8, 4) is 0 Å². The fourth-order valence-electron chi connectivity index (χ4n) is 2.80. The maximum atomic E-state index is 12.6. The summed E-state index contributed by atoms with van der Waals surface area (Å²) in [7, 11) is 0. The monoisotopic (exact) mass is 284 g/mol. The second-order valence-corrected chi connectivity index (χ2v) is 5.71. The Kier molecular flexibility index (Phi) is 2.80. The molecule has 1 aromatic carbocycles. The largest absolute Gasteiger partial charge is 0.465 e. The van der Waals surface area contributed by atoms with Crippen LogP contribution < -0.4 is 0 Å². The first-order chi connectivity index (χ1) is 9.92. The summed E-state index contributed by atoms with van der Waals surface area (Å²) in [6.07, 6.45) is 1.38. The van der Waals surface area contributed by atoms with Gasteiger partial charge in [-0.15, -0.1) is 0 Å². The lowest BCUT2D eigenvalue weighted by Gasteiger charge is -2.35. The van der Waals surface area contributed by atoms with Gasteiger partial charge in [0.2, 0.25) is 5.78 Å². The van der Waals surface area contributed by atoms with Crippen molar-refractivity contribution in [1.82, 2.24) is 0 Å². The number of hydrogen-bond acceptors (Lipinski definition) is 4. The van der Waals surface area contributed by atoms with Crippen LogP contribution in [0.25, 0.3) is 5.76 Å². The second-order valence-electron chi connectivity index (χ2n) is 5.71. The highest BCUT2D eigenvalue weighted by Gasteiger charge is 2.69. The highest BCUT2D eigenvalue weighted by Crippen LogP contribution is 2.51. The molecule has 2 aliphatic heterocycles. The van der Waals surface area contributed by atoms with Crippen molar-refractivity contribution < 1.29 is 19.1 Å². The highest BCUT2D eigenvalue weighted by atomic mass is 16.6. The van der Waals surface area contributed by atoms with E-state index in [0.29, 0.717) is 11.3 Å². The predicted molar refractivity (Wildman–Crippen MR) is 77.1 cm³/mol. The normalized spacial score (nSPS) is 31.0. The van der Waals surface area contributed by atoms with E-state index >= 15 is 0 Å². The lowest BCUT2D eigenvalue weighted by Crippen LogP contribution is -2.54. The average molecular weight is 284 g/mol. The maximum Gasteiger partial charge on any atom is 0.359 e. The molecule has 0 amide bonds. The quantitative estimate of drug-likeness (QED) is 0.476. The van der Waals surface area contributed by atoms with Gasteiger partial charge in [-0.25, -0.2) is 4.79 Å². The van der Waals surface area contributed by atoms with Gasteiger partial charge >= 0.3 is 5.97 Å². The van der Waals surface area contributed by atoms with Crippen molar-refractivity contribution in [3.63, 3.8) is 0 Å². The molecular formula is C17H16O4. The summed E-state index contributed by atoms with van der Waals surface area (Å²) in [6, 6.07) is 9.23. The minimum atomic E-state index is -1.63. The number of carbonyl (C=O) groups is 2. The maximum absolute atomic E-state index is 12.6. The number of ether oxygens (including phenoxy) is 2. The summed E-state index contributed by atoms with van der Waals surface area (Å²) < 4.78 is 11.0. The molecule has 0 bridgehead atoms. The van der Waals surface area contributed by atoms with Gasteiger partial charge in [-0.05, 0) is 13.8 Å². The van der Waals surface area contributed by atoms with E-state index in [4.69, 9.17) is 9.47 Å². The molecule has 1 aromatic rings. The van der Waals surface area contributed by atoms with Gasteiger partial charge in [-0.2, -0.15) is 0 Å².